The first-order chi connectivity index (χ1) is 31.2. The van der Waals surface area contributed by atoms with Gasteiger partial charge in [0.2, 0.25) is 0 Å². The number of benzene rings is 10. The highest BCUT2D eigenvalue weighted by atomic mass is 15.1. The van der Waals surface area contributed by atoms with Gasteiger partial charge >= 0.3 is 0 Å². The van der Waals surface area contributed by atoms with E-state index >= 15 is 0 Å². The Morgan fingerprint density at radius 3 is 1.02 bits per heavy atom. The summed E-state index contributed by atoms with van der Waals surface area (Å²) in [5.41, 5.74) is 17.6. The second kappa shape index (κ2) is 15.3. The minimum atomic E-state index is 1.09. The van der Waals surface area contributed by atoms with Crippen LogP contribution in [0.5, 0.6) is 0 Å². The van der Waals surface area contributed by atoms with E-state index in [9.17, 15) is 0 Å². The van der Waals surface area contributed by atoms with Crippen LogP contribution in [0, 0.1) is 0 Å². The Labute approximate surface area is 366 Å². The Hall–Kier alpha value is -8.40. The third kappa shape index (κ3) is 6.38. The van der Waals surface area contributed by atoms with Gasteiger partial charge in [0.25, 0.3) is 0 Å². The van der Waals surface area contributed by atoms with Gasteiger partial charge in [0.15, 0.2) is 0 Å². The molecule has 63 heavy (non-hydrogen) atoms. The van der Waals surface area contributed by atoms with Crippen LogP contribution in [0.3, 0.4) is 0 Å². The Bertz CT molecular complexity index is 3510. The van der Waals surface area contributed by atoms with Gasteiger partial charge in [-0.25, -0.2) is 0 Å². The van der Waals surface area contributed by atoms with E-state index in [1.165, 1.54) is 82.7 Å². The molecule has 0 bridgehead atoms. The zero-order chi connectivity index (χ0) is 41.7. The molecular formula is C60H41N3. The van der Waals surface area contributed by atoms with E-state index in [1.54, 1.807) is 0 Å². The highest BCUT2D eigenvalue weighted by Gasteiger charge is 2.17. The third-order valence-electron chi connectivity index (χ3n) is 12.5. The fourth-order valence-electron chi connectivity index (χ4n) is 9.50. The largest absolute Gasteiger partial charge is 0.311 e. The molecule has 2 heterocycles. The maximum absolute atomic E-state index is 2.37. The summed E-state index contributed by atoms with van der Waals surface area (Å²) in [6.07, 6.45) is 0. The number of aromatic nitrogens is 2. The van der Waals surface area contributed by atoms with Crippen molar-refractivity contribution in [1.29, 1.82) is 0 Å². The number of nitrogens with zero attached hydrogens (tertiary/aromatic N) is 3. The summed E-state index contributed by atoms with van der Waals surface area (Å²) in [6, 6.07) is 90.0. The van der Waals surface area contributed by atoms with Gasteiger partial charge in [0.1, 0.15) is 0 Å². The molecule has 0 radical (unpaired) electrons. The van der Waals surface area contributed by atoms with E-state index in [0.29, 0.717) is 0 Å². The molecule has 0 aliphatic rings. The Morgan fingerprint density at radius 2 is 0.540 bits per heavy atom. The maximum atomic E-state index is 2.37. The van der Waals surface area contributed by atoms with E-state index < -0.39 is 0 Å². The van der Waals surface area contributed by atoms with Gasteiger partial charge in [0, 0.05) is 50.0 Å². The molecule has 10 aromatic carbocycles. The van der Waals surface area contributed by atoms with Crippen molar-refractivity contribution in [3.05, 3.63) is 249 Å². The van der Waals surface area contributed by atoms with Crippen molar-refractivity contribution in [2.24, 2.45) is 0 Å². The van der Waals surface area contributed by atoms with Crippen LogP contribution in [0.2, 0.25) is 0 Å². The molecule has 0 aliphatic carbocycles. The highest BCUT2D eigenvalue weighted by molar-refractivity contribution is 6.11. The lowest BCUT2D eigenvalue weighted by Crippen LogP contribution is -2.09. The summed E-state index contributed by atoms with van der Waals surface area (Å²) in [6.45, 7) is 0. The van der Waals surface area contributed by atoms with Crippen molar-refractivity contribution in [1.82, 2.24) is 9.13 Å². The van der Waals surface area contributed by atoms with Crippen LogP contribution in [0.1, 0.15) is 0 Å². The second-order valence-corrected chi connectivity index (χ2v) is 16.2. The van der Waals surface area contributed by atoms with E-state index in [4.69, 9.17) is 0 Å². The van der Waals surface area contributed by atoms with Crippen LogP contribution in [0.4, 0.5) is 17.1 Å². The number of anilines is 3. The summed E-state index contributed by atoms with van der Waals surface area (Å²) >= 11 is 0. The minimum Gasteiger partial charge on any atom is -0.311 e. The fourth-order valence-corrected chi connectivity index (χ4v) is 9.50. The molecule has 2 aromatic heterocycles. The normalized spacial score (nSPS) is 11.5. The summed E-state index contributed by atoms with van der Waals surface area (Å²) in [5.74, 6) is 0. The van der Waals surface area contributed by atoms with Gasteiger partial charge in [0.05, 0.1) is 22.1 Å². The number of rotatable bonds is 8. The highest BCUT2D eigenvalue weighted by Crippen LogP contribution is 2.40. The molecule has 12 aromatic rings. The van der Waals surface area contributed by atoms with Gasteiger partial charge < -0.3 is 14.0 Å². The monoisotopic (exact) mass is 803 g/mol. The number of hydrogen-bond acceptors (Lipinski definition) is 1. The molecule has 3 heteroatoms. The van der Waals surface area contributed by atoms with Gasteiger partial charge in [-0.3, -0.25) is 0 Å². The van der Waals surface area contributed by atoms with Crippen molar-refractivity contribution in [3.8, 4) is 44.8 Å². The van der Waals surface area contributed by atoms with Crippen molar-refractivity contribution in [2.75, 3.05) is 4.90 Å². The van der Waals surface area contributed by atoms with E-state index in [2.05, 4.69) is 263 Å². The molecular weight excluding hydrogens is 763 g/mol. The van der Waals surface area contributed by atoms with Crippen molar-refractivity contribution >= 4 is 60.7 Å². The SMILES string of the molecule is c1ccc(-c2ccc(N(c3ccc(-c4ccc(-n5c6ccccc6c6ccccc65)cc4)cc3)c3ccc(-c4ccc5c(c4)c4ccccc4n5-c4ccccc4)cc3)cc2)cc1. The quantitative estimate of drug-likeness (QED) is 0.149. The average Bonchev–Trinajstić information content (AvgIpc) is 3.88. The zero-order valence-electron chi connectivity index (χ0n) is 34.5. The van der Waals surface area contributed by atoms with Crippen LogP contribution in [-0.4, -0.2) is 9.13 Å². The Morgan fingerprint density at radius 1 is 0.222 bits per heavy atom. The first-order valence-corrected chi connectivity index (χ1v) is 21.6. The lowest BCUT2D eigenvalue weighted by atomic mass is 10.0. The van der Waals surface area contributed by atoms with Crippen LogP contribution < -0.4 is 4.90 Å². The molecule has 0 unspecified atom stereocenters. The smallest absolute Gasteiger partial charge is 0.0541 e. The first kappa shape index (κ1) is 36.5. The summed E-state index contributed by atoms with van der Waals surface area (Å²) in [7, 11) is 0. The topological polar surface area (TPSA) is 13.1 Å². The van der Waals surface area contributed by atoms with Crippen LogP contribution in [0.25, 0.3) is 88.4 Å². The van der Waals surface area contributed by atoms with Crippen molar-refractivity contribution in [3.63, 3.8) is 0 Å². The predicted molar refractivity (Wildman–Crippen MR) is 266 cm³/mol. The van der Waals surface area contributed by atoms with E-state index in [1.807, 2.05) is 0 Å². The van der Waals surface area contributed by atoms with Gasteiger partial charge in [-0.05, 0) is 124 Å². The predicted octanol–water partition coefficient (Wildman–Crippen LogP) is 16.4. The molecule has 0 atom stereocenters. The van der Waals surface area contributed by atoms with E-state index in [-0.39, 0.29) is 0 Å². The van der Waals surface area contributed by atoms with Gasteiger partial charge in [-0.1, -0.05) is 158 Å². The fraction of sp³-hybridized carbons (Fsp3) is 0. The molecule has 296 valence electrons. The molecule has 0 fully saturated rings. The van der Waals surface area contributed by atoms with Crippen molar-refractivity contribution < 1.29 is 0 Å². The van der Waals surface area contributed by atoms with Crippen LogP contribution >= 0.6 is 0 Å². The first-order valence-electron chi connectivity index (χ1n) is 21.6. The zero-order valence-corrected chi connectivity index (χ0v) is 34.5. The molecule has 0 amide bonds. The van der Waals surface area contributed by atoms with E-state index in [0.717, 1.165) is 22.7 Å². The number of para-hydroxylation sites is 4. The minimum absolute atomic E-state index is 1.09. The molecule has 0 saturated carbocycles. The van der Waals surface area contributed by atoms with Gasteiger partial charge in [-0.15, -0.1) is 0 Å². The molecule has 0 N–H and O–H groups in total. The molecule has 0 aliphatic heterocycles. The van der Waals surface area contributed by atoms with Crippen LogP contribution in [-0.2, 0) is 0 Å². The van der Waals surface area contributed by atoms with Crippen LogP contribution in [0.15, 0.2) is 249 Å². The summed E-state index contributed by atoms with van der Waals surface area (Å²) < 4.78 is 4.73. The number of fused-ring (bicyclic) bond motifs is 6. The molecule has 3 nitrogen and oxygen atoms in total. The second-order valence-electron chi connectivity index (χ2n) is 16.2. The Kier molecular flexibility index (Phi) is 8.83. The number of hydrogen-bond donors (Lipinski definition) is 0. The molecule has 12 rings (SSSR count). The average molecular weight is 804 g/mol. The standard InChI is InChI=1S/C60H41N3/c1-3-13-42(14-4-1)43-23-32-49(33-24-43)61(50-34-25-44(26-35-50)45-27-38-52(39-28-45)63-57-20-10-7-17-53(57)54-18-8-11-21-58(54)63)51-36-29-46(30-37-51)47-31-40-60-56(41-47)55-19-9-12-22-59(55)62(60)48-15-5-2-6-16-48/h1-41H. The Balaban J connectivity index is 0.891. The van der Waals surface area contributed by atoms with Crippen molar-refractivity contribution in [2.45, 2.75) is 0 Å². The van der Waals surface area contributed by atoms with Gasteiger partial charge in [-0.2, -0.15) is 0 Å². The molecule has 0 saturated heterocycles. The maximum Gasteiger partial charge on any atom is 0.0541 e. The molecule has 0 spiro atoms. The third-order valence-corrected chi connectivity index (χ3v) is 12.5. The lowest BCUT2D eigenvalue weighted by Gasteiger charge is -2.26. The summed E-state index contributed by atoms with van der Waals surface area (Å²) in [5, 5.41) is 5.04. The lowest BCUT2D eigenvalue weighted by molar-refractivity contribution is 1.18. The summed E-state index contributed by atoms with van der Waals surface area (Å²) in [4.78, 5) is 2.35.